The molecule has 0 amide bonds. The molecule has 7 nitrogen and oxygen atoms in total. The third-order valence-electron chi connectivity index (χ3n) is 3.94. The number of nitrogens with two attached hydrogens (primary N) is 1. The number of nitro benzene ring substituents is 2. The highest BCUT2D eigenvalue weighted by Crippen LogP contribution is 2.31. The number of nitro groups is 2. The van der Waals surface area contributed by atoms with Crippen LogP contribution in [0.3, 0.4) is 0 Å². The van der Waals surface area contributed by atoms with Crippen molar-refractivity contribution in [3.63, 3.8) is 0 Å². The smallest absolute Gasteiger partial charge is 0.279 e. The van der Waals surface area contributed by atoms with E-state index in [-0.39, 0.29) is 17.4 Å². The fourth-order valence-corrected chi connectivity index (χ4v) is 2.81. The van der Waals surface area contributed by atoms with Crippen LogP contribution >= 0.6 is 0 Å². The molecular weight excluding hydrogens is 262 g/mol. The molecule has 0 radical (unpaired) electrons. The first-order chi connectivity index (χ1) is 9.49. The van der Waals surface area contributed by atoms with Gasteiger partial charge in [-0.2, -0.15) is 0 Å². The van der Waals surface area contributed by atoms with Crippen LogP contribution in [-0.2, 0) is 6.42 Å². The Morgan fingerprint density at radius 3 is 2.40 bits per heavy atom. The molecule has 1 fully saturated rings. The van der Waals surface area contributed by atoms with Crippen molar-refractivity contribution in [2.75, 3.05) is 0 Å². The first-order valence-corrected chi connectivity index (χ1v) is 6.66. The highest BCUT2D eigenvalue weighted by Gasteiger charge is 2.26. The van der Waals surface area contributed by atoms with Crippen molar-refractivity contribution in [2.24, 2.45) is 11.7 Å². The Kier molecular flexibility index (Phi) is 4.29. The predicted octanol–water partition coefficient (Wildman–Crippen LogP) is 2.56. The SMILES string of the molecule is NC(Cc1ccc([N+](=O)[O-])cc1[N+](=O)[O-])C1CCCC1. The van der Waals surface area contributed by atoms with Gasteiger partial charge in [0.05, 0.1) is 15.9 Å². The van der Waals surface area contributed by atoms with Gasteiger partial charge in [0.25, 0.3) is 11.4 Å². The van der Waals surface area contributed by atoms with Crippen LogP contribution < -0.4 is 5.73 Å². The first-order valence-electron chi connectivity index (χ1n) is 6.66. The summed E-state index contributed by atoms with van der Waals surface area (Å²) in [5.74, 6) is 0.393. The Hall–Kier alpha value is -2.02. The Bertz CT molecular complexity index is 526. The van der Waals surface area contributed by atoms with Crippen molar-refractivity contribution >= 4 is 11.4 Å². The van der Waals surface area contributed by atoms with Crippen molar-refractivity contribution in [1.82, 2.24) is 0 Å². The summed E-state index contributed by atoms with van der Waals surface area (Å²) in [6.45, 7) is 0. The van der Waals surface area contributed by atoms with E-state index in [0.29, 0.717) is 17.9 Å². The molecule has 20 heavy (non-hydrogen) atoms. The molecule has 1 saturated carbocycles. The standard InChI is InChI=1S/C13H17N3O4/c14-12(9-3-1-2-4-9)7-10-5-6-11(15(17)18)8-13(10)16(19)20/h5-6,8-9,12H,1-4,7,14H2. The largest absolute Gasteiger partial charge is 0.327 e. The number of benzene rings is 1. The summed E-state index contributed by atoms with van der Waals surface area (Å²) in [6.07, 6.45) is 4.81. The fraction of sp³-hybridized carbons (Fsp3) is 0.538. The minimum absolute atomic E-state index is 0.127. The van der Waals surface area contributed by atoms with E-state index in [4.69, 9.17) is 5.73 Å². The molecule has 1 aromatic rings. The second kappa shape index (κ2) is 5.96. The second-order valence-electron chi connectivity index (χ2n) is 5.24. The minimum atomic E-state index is -0.631. The molecule has 0 aromatic heterocycles. The lowest BCUT2D eigenvalue weighted by molar-refractivity contribution is -0.394. The molecule has 2 N–H and O–H groups in total. The van der Waals surface area contributed by atoms with Crippen LogP contribution in [0.2, 0.25) is 0 Å². The molecule has 1 atom stereocenters. The molecule has 1 aliphatic carbocycles. The average Bonchev–Trinajstić information content (AvgIpc) is 2.92. The molecule has 0 saturated heterocycles. The van der Waals surface area contributed by atoms with Crippen LogP contribution in [-0.4, -0.2) is 15.9 Å². The zero-order valence-corrected chi connectivity index (χ0v) is 11.0. The fourth-order valence-electron chi connectivity index (χ4n) is 2.81. The van der Waals surface area contributed by atoms with Gasteiger partial charge in [0.15, 0.2) is 0 Å². The molecular formula is C13H17N3O4. The Balaban J connectivity index is 2.21. The Morgan fingerprint density at radius 2 is 1.85 bits per heavy atom. The van der Waals surface area contributed by atoms with E-state index in [1.165, 1.54) is 12.1 Å². The van der Waals surface area contributed by atoms with Gasteiger partial charge in [0.1, 0.15) is 0 Å². The van der Waals surface area contributed by atoms with Crippen molar-refractivity contribution in [3.8, 4) is 0 Å². The van der Waals surface area contributed by atoms with Gasteiger partial charge in [-0.15, -0.1) is 0 Å². The average molecular weight is 279 g/mol. The van der Waals surface area contributed by atoms with Crippen LogP contribution in [0.4, 0.5) is 11.4 Å². The van der Waals surface area contributed by atoms with Gasteiger partial charge in [-0.05, 0) is 31.2 Å². The van der Waals surface area contributed by atoms with Crippen LogP contribution in [0, 0.1) is 26.1 Å². The van der Waals surface area contributed by atoms with Gasteiger partial charge >= 0.3 is 0 Å². The summed E-state index contributed by atoms with van der Waals surface area (Å²) in [7, 11) is 0. The summed E-state index contributed by atoms with van der Waals surface area (Å²) in [5, 5.41) is 21.7. The van der Waals surface area contributed by atoms with Gasteiger partial charge in [-0.25, -0.2) is 0 Å². The van der Waals surface area contributed by atoms with Crippen molar-refractivity contribution in [2.45, 2.75) is 38.1 Å². The van der Waals surface area contributed by atoms with Gasteiger partial charge < -0.3 is 5.73 Å². The number of hydrogen-bond acceptors (Lipinski definition) is 5. The van der Waals surface area contributed by atoms with Crippen LogP contribution in [0.25, 0.3) is 0 Å². The van der Waals surface area contributed by atoms with E-state index >= 15 is 0 Å². The zero-order chi connectivity index (χ0) is 14.7. The molecule has 2 rings (SSSR count). The van der Waals surface area contributed by atoms with Crippen LogP contribution in [0.1, 0.15) is 31.2 Å². The Labute approximate surface area is 116 Å². The summed E-state index contributed by atoms with van der Waals surface area (Å²) < 4.78 is 0. The van der Waals surface area contributed by atoms with Crippen molar-refractivity contribution < 1.29 is 9.85 Å². The topological polar surface area (TPSA) is 112 Å². The molecule has 0 spiro atoms. The lowest BCUT2D eigenvalue weighted by Gasteiger charge is -2.18. The number of hydrogen-bond donors (Lipinski definition) is 1. The van der Waals surface area contributed by atoms with E-state index in [1.807, 2.05) is 0 Å². The molecule has 0 heterocycles. The number of nitrogens with zero attached hydrogens (tertiary/aromatic N) is 2. The zero-order valence-electron chi connectivity index (χ0n) is 11.0. The maximum absolute atomic E-state index is 11.0. The summed E-state index contributed by atoms with van der Waals surface area (Å²) >= 11 is 0. The quantitative estimate of drug-likeness (QED) is 0.657. The summed E-state index contributed by atoms with van der Waals surface area (Å²) in [4.78, 5) is 20.5. The van der Waals surface area contributed by atoms with E-state index in [0.717, 1.165) is 31.7 Å². The Morgan fingerprint density at radius 1 is 1.20 bits per heavy atom. The first kappa shape index (κ1) is 14.4. The van der Waals surface area contributed by atoms with Gasteiger partial charge in [0.2, 0.25) is 0 Å². The van der Waals surface area contributed by atoms with Gasteiger partial charge in [-0.3, -0.25) is 20.2 Å². The lowest BCUT2D eigenvalue weighted by Crippen LogP contribution is -2.30. The maximum atomic E-state index is 11.0. The molecule has 7 heteroatoms. The summed E-state index contributed by atoms with van der Waals surface area (Å²) in [5.41, 5.74) is 6.11. The van der Waals surface area contributed by atoms with Gasteiger partial charge in [-0.1, -0.05) is 12.8 Å². The third kappa shape index (κ3) is 3.11. The third-order valence-corrected chi connectivity index (χ3v) is 3.94. The van der Waals surface area contributed by atoms with Crippen molar-refractivity contribution in [3.05, 3.63) is 44.0 Å². The molecule has 0 bridgehead atoms. The molecule has 1 aliphatic rings. The van der Waals surface area contributed by atoms with Crippen molar-refractivity contribution in [1.29, 1.82) is 0 Å². The molecule has 108 valence electrons. The van der Waals surface area contributed by atoms with Crippen LogP contribution in [0.5, 0.6) is 0 Å². The molecule has 1 aromatic carbocycles. The van der Waals surface area contributed by atoms with Gasteiger partial charge in [0, 0.05) is 17.7 Å². The second-order valence-corrected chi connectivity index (χ2v) is 5.24. The molecule has 1 unspecified atom stereocenters. The minimum Gasteiger partial charge on any atom is -0.327 e. The monoisotopic (exact) mass is 279 g/mol. The number of rotatable bonds is 5. The normalized spacial score (nSPS) is 17.1. The highest BCUT2D eigenvalue weighted by atomic mass is 16.6. The maximum Gasteiger partial charge on any atom is 0.279 e. The van der Waals surface area contributed by atoms with Crippen LogP contribution in [0.15, 0.2) is 18.2 Å². The van der Waals surface area contributed by atoms with E-state index in [1.54, 1.807) is 0 Å². The van der Waals surface area contributed by atoms with E-state index in [2.05, 4.69) is 0 Å². The lowest BCUT2D eigenvalue weighted by atomic mass is 9.92. The van der Waals surface area contributed by atoms with E-state index < -0.39 is 9.85 Å². The molecule has 0 aliphatic heterocycles. The summed E-state index contributed by atoms with van der Waals surface area (Å²) in [6, 6.07) is 3.63. The number of non-ortho nitro benzene ring substituents is 1. The van der Waals surface area contributed by atoms with E-state index in [9.17, 15) is 20.2 Å². The highest BCUT2D eigenvalue weighted by molar-refractivity contribution is 5.49. The predicted molar refractivity (Wildman–Crippen MR) is 73.4 cm³/mol.